The van der Waals surface area contributed by atoms with Gasteiger partial charge in [-0.1, -0.05) is 6.58 Å². The van der Waals surface area contributed by atoms with Gasteiger partial charge in [-0.15, -0.1) is 0 Å². The molecule has 0 N–H and O–H groups in total. The van der Waals surface area contributed by atoms with Crippen molar-refractivity contribution >= 4 is 5.97 Å². The maximum Gasteiger partial charge on any atom is 0.334 e. The molecule has 0 aliphatic heterocycles. The van der Waals surface area contributed by atoms with E-state index in [1.54, 1.807) is 0 Å². The molecule has 0 unspecified atom stereocenters. The van der Waals surface area contributed by atoms with E-state index in [4.69, 9.17) is 4.74 Å². The van der Waals surface area contributed by atoms with Gasteiger partial charge >= 0.3 is 5.97 Å². The van der Waals surface area contributed by atoms with E-state index in [0.29, 0.717) is 4.48 Å². The van der Waals surface area contributed by atoms with E-state index in [1.807, 2.05) is 13.8 Å². The normalized spacial score (nSPS) is 11.5. The molecule has 0 fully saturated rings. The number of hydrogen-bond acceptors (Lipinski definition) is 2. The number of ether oxygens (including phenoxy) is 1. The molecule has 0 radical (unpaired) electrons. The van der Waals surface area contributed by atoms with Gasteiger partial charge in [0.05, 0.1) is 20.1 Å². The molecule has 0 aliphatic carbocycles. The fraction of sp³-hybridized carbons (Fsp3) is 0.727. The summed E-state index contributed by atoms with van der Waals surface area (Å²) in [6.07, 6.45) is 1.21. The largest absolute Gasteiger partial charge is 1.00 e. The van der Waals surface area contributed by atoms with Crippen LogP contribution in [0, 0.1) is 0 Å². The Balaban J connectivity index is 0. The molecule has 3 nitrogen and oxygen atoms in total. The number of esters is 1. The SMILES string of the molecule is C=CC(=O)OC(C)(C)[N+](C)(CC)CC.[Cl-]. The van der Waals surface area contributed by atoms with Crippen LogP contribution in [-0.4, -0.2) is 36.3 Å². The molecule has 0 saturated carbocycles. The molecule has 0 amide bonds. The molecule has 4 heteroatoms. The topological polar surface area (TPSA) is 26.3 Å². The Morgan fingerprint density at radius 2 is 1.80 bits per heavy atom. The monoisotopic (exact) mass is 235 g/mol. The van der Waals surface area contributed by atoms with Crippen LogP contribution in [-0.2, 0) is 9.53 Å². The van der Waals surface area contributed by atoms with Gasteiger partial charge in [0.1, 0.15) is 0 Å². The highest BCUT2D eigenvalue weighted by atomic mass is 35.5. The second kappa shape index (κ2) is 6.13. The summed E-state index contributed by atoms with van der Waals surface area (Å²) in [6.45, 7) is 13.3. The van der Waals surface area contributed by atoms with Gasteiger partial charge in [-0.2, -0.15) is 0 Å². The quantitative estimate of drug-likeness (QED) is 0.263. The molecule has 0 aliphatic rings. The minimum Gasteiger partial charge on any atom is -1.00 e. The number of rotatable bonds is 5. The number of hydrogen-bond donors (Lipinski definition) is 0. The predicted molar refractivity (Wildman–Crippen MR) is 57.6 cm³/mol. The molecular formula is C11H22ClNO2. The van der Waals surface area contributed by atoms with Crippen LogP contribution in [0.3, 0.4) is 0 Å². The van der Waals surface area contributed by atoms with Crippen molar-refractivity contribution in [2.24, 2.45) is 0 Å². The van der Waals surface area contributed by atoms with E-state index in [2.05, 4.69) is 27.5 Å². The summed E-state index contributed by atoms with van der Waals surface area (Å²) >= 11 is 0. The third-order valence-corrected chi connectivity index (χ3v) is 3.21. The van der Waals surface area contributed by atoms with Crippen LogP contribution in [0.1, 0.15) is 27.7 Å². The van der Waals surface area contributed by atoms with E-state index in [0.717, 1.165) is 13.1 Å². The Bertz CT molecular complexity index is 223. The number of carbonyl (C=O) groups excluding carboxylic acids is 1. The molecule has 0 aromatic carbocycles. The number of carbonyl (C=O) groups is 1. The van der Waals surface area contributed by atoms with Crippen molar-refractivity contribution < 1.29 is 26.4 Å². The van der Waals surface area contributed by atoms with Gasteiger partial charge < -0.3 is 17.1 Å². The summed E-state index contributed by atoms with van der Waals surface area (Å²) in [6, 6.07) is 0. The summed E-state index contributed by atoms with van der Waals surface area (Å²) in [5.41, 5.74) is -0.505. The van der Waals surface area contributed by atoms with Crippen LogP contribution in [0.25, 0.3) is 0 Å². The van der Waals surface area contributed by atoms with Crippen molar-refractivity contribution in [1.29, 1.82) is 0 Å². The zero-order valence-corrected chi connectivity index (χ0v) is 11.1. The third kappa shape index (κ3) is 3.84. The summed E-state index contributed by atoms with van der Waals surface area (Å²) in [5, 5.41) is 0. The first-order valence-electron chi connectivity index (χ1n) is 5.03. The van der Waals surface area contributed by atoms with Gasteiger partial charge in [-0.3, -0.25) is 4.48 Å². The summed E-state index contributed by atoms with van der Waals surface area (Å²) in [4.78, 5) is 11.2. The lowest BCUT2D eigenvalue weighted by atomic mass is 10.2. The van der Waals surface area contributed by atoms with E-state index in [-0.39, 0.29) is 18.4 Å². The standard InChI is InChI=1S/C11H22NO2.ClH/c1-7-10(13)14-11(4,5)12(6,8-2)9-3;/h7H,1,8-9H2,2-6H3;1H/q+1;/p-1. The van der Waals surface area contributed by atoms with Crippen LogP contribution in [0.2, 0.25) is 0 Å². The lowest BCUT2D eigenvalue weighted by molar-refractivity contribution is -0.974. The molecule has 90 valence electrons. The Morgan fingerprint density at radius 1 is 1.40 bits per heavy atom. The van der Waals surface area contributed by atoms with Crippen LogP contribution in [0.4, 0.5) is 0 Å². The first-order valence-corrected chi connectivity index (χ1v) is 5.03. The van der Waals surface area contributed by atoms with Gasteiger partial charge in [-0.05, 0) is 13.8 Å². The van der Waals surface area contributed by atoms with Crippen molar-refractivity contribution in [1.82, 2.24) is 0 Å². The van der Waals surface area contributed by atoms with Crippen LogP contribution in [0.15, 0.2) is 12.7 Å². The fourth-order valence-corrected chi connectivity index (χ4v) is 1.38. The molecule has 15 heavy (non-hydrogen) atoms. The van der Waals surface area contributed by atoms with Crippen molar-refractivity contribution in [3.05, 3.63) is 12.7 Å². The first kappa shape index (κ1) is 16.9. The highest BCUT2D eigenvalue weighted by Gasteiger charge is 2.40. The molecule has 0 aromatic heterocycles. The highest BCUT2D eigenvalue weighted by Crippen LogP contribution is 2.23. The van der Waals surface area contributed by atoms with Gasteiger partial charge in [0.25, 0.3) is 0 Å². The van der Waals surface area contributed by atoms with Crippen molar-refractivity contribution in [3.63, 3.8) is 0 Å². The van der Waals surface area contributed by atoms with Crippen LogP contribution < -0.4 is 12.4 Å². The number of quaternary nitrogens is 1. The van der Waals surface area contributed by atoms with E-state index < -0.39 is 5.72 Å². The second-order valence-corrected chi connectivity index (χ2v) is 4.10. The number of nitrogens with zero attached hydrogens (tertiary/aromatic N) is 1. The van der Waals surface area contributed by atoms with Crippen LogP contribution in [0.5, 0.6) is 0 Å². The molecule has 0 bridgehead atoms. The molecule has 0 rings (SSSR count). The van der Waals surface area contributed by atoms with E-state index in [1.165, 1.54) is 6.08 Å². The van der Waals surface area contributed by atoms with Crippen LogP contribution >= 0.6 is 0 Å². The predicted octanol–water partition coefficient (Wildman–Crippen LogP) is -1.06. The molecule has 0 atom stereocenters. The maximum absolute atomic E-state index is 11.2. The van der Waals surface area contributed by atoms with Crippen molar-refractivity contribution in [2.45, 2.75) is 33.4 Å². The number of halogens is 1. The van der Waals surface area contributed by atoms with Gasteiger partial charge in [0.2, 0.25) is 5.72 Å². The first-order chi connectivity index (χ1) is 6.33. The van der Waals surface area contributed by atoms with Gasteiger partial charge in [0.15, 0.2) is 0 Å². The average molecular weight is 236 g/mol. The molecule has 0 heterocycles. The average Bonchev–Trinajstić information content (AvgIpc) is 2.15. The van der Waals surface area contributed by atoms with Gasteiger partial charge in [-0.25, -0.2) is 4.79 Å². The smallest absolute Gasteiger partial charge is 0.334 e. The van der Waals surface area contributed by atoms with Crippen molar-refractivity contribution in [3.8, 4) is 0 Å². The molecule has 0 saturated heterocycles. The Labute approximate surface area is 99.1 Å². The highest BCUT2D eigenvalue weighted by molar-refractivity contribution is 5.81. The maximum atomic E-state index is 11.2. The molecule has 0 aromatic rings. The van der Waals surface area contributed by atoms with E-state index >= 15 is 0 Å². The Morgan fingerprint density at radius 3 is 2.07 bits per heavy atom. The van der Waals surface area contributed by atoms with Gasteiger partial charge in [0, 0.05) is 19.9 Å². The van der Waals surface area contributed by atoms with Crippen molar-refractivity contribution in [2.75, 3.05) is 20.1 Å². The summed E-state index contributed by atoms with van der Waals surface area (Å²) in [5.74, 6) is -0.360. The molecule has 0 spiro atoms. The summed E-state index contributed by atoms with van der Waals surface area (Å²) < 4.78 is 6.05. The zero-order chi connectivity index (χ0) is 11.4. The second-order valence-electron chi connectivity index (χ2n) is 4.10. The lowest BCUT2D eigenvalue weighted by Crippen LogP contribution is -3.00. The minimum atomic E-state index is -0.505. The Kier molecular flexibility index (Phi) is 6.90. The summed E-state index contributed by atoms with van der Waals surface area (Å²) in [7, 11) is 2.08. The fourth-order valence-electron chi connectivity index (χ4n) is 1.38. The zero-order valence-electron chi connectivity index (χ0n) is 10.3. The molecular weight excluding hydrogens is 214 g/mol. The lowest BCUT2D eigenvalue weighted by Gasteiger charge is -2.44. The third-order valence-electron chi connectivity index (χ3n) is 3.21. The minimum absolute atomic E-state index is 0. The Hall–Kier alpha value is -0.540. The van der Waals surface area contributed by atoms with E-state index in [9.17, 15) is 4.79 Å².